The molecule has 2 N–H and O–H groups in total. The molecule has 4 aliphatic rings. The SMILES string of the molecule is CC(C)OCCCN1C(=O)[C@H]2[C@@H](C(=O)Nc3cccc(Cl)c3)[C@H]3C=C[C@@]2(O3)[C@@H]1C(=O)NC1CCCCC1. The first-order chi connectivity index (χ1) is 17.8. The van der Waals surface area contributed by atoms with Gasteiger partial charge in [-0.15, -0.1) is 0 Å². The lowest BCUT2D eigenvalue weighted by Crippen LogP contribution is -2.56. The van der Waals surface area contributed by atoms with Crippen LogP contribution in [-0.4, -0.2) is 65.7 Å². The summed E-state index contributed by atoms with van der Waals surface area (Å²) >= 11 is 6.09. The van der Waals surface area contributed by atoms with Gasteiger partial charge in [0.2, 0.25) is 17.7 Å². The summed E-state index contributed by atoms with van der Waals surface area (Å²) < 4.78 is 12.1. The Bertz CT molecular complexity index is 1070. The predicted octanol–water partition coefficient (Wildman–Crippen LogP) is 3.69. The Morgan fingerprint density at radius 1 is 1.22 bits per heavy atom. The van der Waals surface area contributed by atoms with Crippen molar-refractivity contribution in [2.45, 2.75) is 82.3 Å². The Kier molecular flexibility index (Phi) is 7.61. The van der Waals surface area contributed by atoms with Gasteiger partial charge in [0, 0.05) is 29.9 Å². The fourth-order valence-corrected chi connectivity index (χ4v) is 6.57. The zero-order chi connectivity index (χ0) is 26.2. The molecule has 5 rings (SSSR count). The van der Waals surface area contributed by atoms with Crippen molar-refractivity contribution in [3.05, 3.63) is 41.4 Å². The second-order valence-electron chi connectivity index (χ2n) is 10.8. The van der Waals surface area contributed by atoms with Crippen LogP contribution in [0, 0.1) is 11.8 Å². The molecule has 0 aromatic heterocycles. The van der Waals surface area contributed by atoms with Crippen LogP contribution in [0.15, 0.2) is 36.4 Å². The molecular formula is C28H36ClN3O5. The Balaban J connectivity index is 1.40. The third-order valence-electron chi connectivity index (χ3n) is 7.96. The molecule has 1 spiro atoms. The number of halogens is 1. The van der Waals surface area contributed by atoms with Gasteiger partial charge in [-0.25, -0.2) is 0 Å². The van der Waals surface area contributed by atoms with Gasteiger partial charge in [-0.3, -0.25) is 14.4 Å². The van der Waals surface area contributed by atoms with Crippen molar-refractivity contribution < 1.29 is 23.9 Å². The molecule has 37 heavy (non-hydrogen) atoms. The van der Waals surface area contributed by atoms with Crippen LogP contribution in [0.25, 0.3) is 0 Å². The number of likely N-dealkylation sites (tertiary alicyclic amines) is 1. The lowest BCUT2D eigenvalue weighted by molar-refractivity contribution is -0.141. The summed E-state index contributed by atoms with van der Waals surface area (Å²) in [6.07, 6.45) is 9.02. The number of ether oxygens (including phenoxy) is 2. The van der Waals surface area contributed by atoms with Crippen LogP contribution in [0.2, 0.25) is 5.02 Å². The molecule has 1 aliphatic carbocycles. The van der Waals surface area contributed by atoms with Gasteiger partial charge >= 0.3 is 0 Å². The third kappa shape index (κ3) is 5.03. The molecule has 3 heterocycles. The van der Waals surface area contributed by atoms with E-state index in [1.54, 1.807) is 29.2 Å². The van der Waals surface area contributed by atoms with Crippen LogP contribution in [-0.2, 0) is 23.9 Å². The minimum absolute atomic E-state index is 0.0825. The number of hydrogen-bond acceptors (Lipinski definition) is 5. The Morgan fingerprint density at radius 3 is 2.73 bits per heavy atom. The first kappa shape index (κ1) is 26.2. The summed E-state index contributed by atoms with van der Waals surface area (Å²) in [5, 5.41) is 6.61. The number of fused-ring (bicyclic) bond motifs is 1. The van der Waals surface area contributed by atoms with E-state index in [9.17, 15) is 14.4 Å². The molecule has 1 saturated carbocycles. The molecule has 1 aromatic carbocycles. The van der Waals surface area contributed by atoms with Crippen molar-refractivity contribution in [1.29, 1.82) is 0 Å². The largest absolute Gasteiger partial charge is 0.379 e. The van der Waals surface area contributed by atoms with Gasteiger partial charge in [0.25, 0.3) is 0 Å². The zero-order valence-electron chi connectivity index (χ0n) is 21.5. The number of anilines is 1. The third-order valence-corrected chi connectivity index (χ3v) is 8.20. The highest BCUT2D eigenvalue weighted by Crippen LogP contribution is 2.55. The van der Waals surface area contributed by atoms with Crippen molar-refractivity contribution >= 4 is 35.0 Å². The van der Waals surface area contributed by atoms with E-state index in [2.05, 4.69) is 10.6 Å². The smallest absolute Gasteiger partial charge is 0.246 e. The summed E-state index contributed by atoms with van der Waals surface area (Å²) in [6, 6.07) is 6.17. The van der Waals surface area contributed by atoms with Crippen LogP contribution in [0.1, 0.15) is 52.4 Å². The second kappa shape index (κ2) is 10.8. The highest BCUT2D eigenvalue weighted by atomic mass is 35.5. The van der Waals surface area contributed by atoms with E-state index in [0.29, 0.717) is 30.3 Å². The molecule has 2 saturated heterocycles. The molecule has 200 valence electrons. The summed E-state index contributed by atoms with van der Waals surface area (Å²) in [7, 11) is 0. The molecule has 8 nitrogen and oxygen atoms in total. The maximum Gasteiger partial charge on any atom is 0.246 e. The predicted molar refractivity (Wildman–Crippen MR) is 140 cm³/mol. The maximum atomic E-state index is 13.9. The van der Waals surface area contributed by atoms with Gasteiger partial charge in [-0.2, -0.15) is 0 Å². The van der Waals surface area contributed by atoms with Crippen LogP contribution in [0.3, 0.4) is 0 Å². The molecule has 0 radical (unpaired) electrons. The van der Waals surface area contributed by atoms with Crippen LogP contribution < -0.4 is 10.6 Å². The van der Waals surface area contributed by atoms with Crippen LogP contribution in [0.5, 0.6) is 0 Å². The number of hydrogen-bond donors (Lipinski definition) is 2. The van der Waals surface area contributed by atoms with E-state index >= 15 is 0 Å². The molecule has 3 aliphatic heterocycles. The molecule has 2 bridgehead atoms. The Labute approximate surface area is 223 Å². The van der Waals surface area contributed by atoms with Gasteiger partial charge < -0.3 is 25.0 Å². The van der Waals surface area contributed by atoms with Gasteiger partial charge in [-0.05, 0) is 51.3 Å². The number of carbonyl (C=O) groups excluding carboxylic acids is 3. The first-order valence-corrected chi connectivity index (χ1v) is 13.8. The number of nitrogens with zero attached hydrogens (tertiary/aromatic N) is 1. The van der Waals surface area contributed by atoms with E-state index in [1.807, 2.05) is 26.0 Å². The summed E-state index contributed by atoms with van der Waals surface area (Å²) in [6.45, 7) is 4.77. The van der Waals surface area contributed by atoms with Gasteiger partial charge in [0.05, 0.1) is 24.0 Å². The Hall–Kier alpha value is -2.42. The first-order valence-electron chi connectivity index (χ1n) is 13.5. The molecule has 1 aromatic rings. The maximum absolute atomic E-state index is 13.9. The van der Waals surface area contributed by atoms with Crippen molar-refractivity contribution in [2.75, 3.05) is 18.5 Å². The van der Waals surface area contributed by atoms with E-state index in [1.165, 1.54) is 6.42 Å². The van der Waals surface area contributed by atoms with E-state index < -0.39 is 29.6 Å². The summed E-state index contributed by atoms with van der Waals surface area (Å²) in [4.78, 5) is 42.8. The number of rotatable bonds is 9. The van der Waals surface area contributed by atoms with Crippen molar-refractivity contribution in [1.82, 2.24) is 10.2 Å². The molecule has 9 heteroatoms. The van der Waals surface area contributed by atoms with Crippen LogP contribution in [0.4, 0.5) is 5.69 Å². The fraction of sp³-hybridized carbons (Fsp3) is 0.607. The average Bonchev–Trinajstić information content (AvgIpc) is 3.50. The monoisotopic (exact) mass is 529 g/mol. The molecule has 3 amide bonds. The standard InChI is InChI=1S/C28H36ClN3O5/c1-17(2)36-15-7-14-32-24(26(34)30-19-9-4-3-5-10-19)28-13-12-21(37-28)22(23(28)27(32)35)25(33)31-20-11-6-8-18(29)16-20/h6,8,11-13,16-17,19,21-24H,3-5,7,9-10,14-15H2,1-2H3,(H,30,34)(H,31,33)/t21-,22+,23-,24+,28+/m1/s1. The fourth-order valence-electron chi connectivity index (χ4n) is 6.38. The lowest BCUT2D eigenvalue weighted by atomic mass is 9.74. The number of amides is 3. The summed E-state index contributed by atoms with van der Waals surface area (Å²) in [5.74, 6) is -2.23. The van der Waals surface area contributed by atoms with Crippen LogP contribution >= 0.6 is 11.6 Å². The number of carbonyl (C=O) groups is 3. The average molecular weight is 530 g/mol. The number of nitrogens with one attached hydrogen (secondary N) is 2. The lowest BCUT2D eigenvalue weighted by Gasteiger charge is -2.34. The minimum Gasteiger partial charge on any atom is -0.379 e. The van der Waals surface area contributed by atoms with Gasteiger partial charge in [-0.1, -0.05) is 49.1 Å². The van der Waals surface area contributed by atoms with Gasteiger partial charge in [0.15, 0.2) is 0 Å². The highest BCUT2D eigenvalue weighted by molar-refractivity contribution is 6.30. The molecular weight excluding hydrogens is 494 g/mol. The number of benzene rings is 1. The molecule has 3 fully saturated rings. The van der Waals surface area contributed by atoms with E-state index in [0.717, 1.165) is 25.7 Å². The molecule has 5 atom stereocenters. The van der Waals surface area contributed by atoms with Crippen molar-refractivity contribution in [3.8, 4) is 0 Å². The van der Waals surface area contributed by atoms with Crippen molar-refractivity contribution in [3.63, 3.8) is 0 Å². The van der Waals surface area contributed by atoms with Gasteiger partial charge in [0.1, 0.15) is 11.6 Å². The van der Waals surface area contributed by atoms with E-state index in [-0.39, 0.29) is 29.9 Å². The normalized spacial score (nSPS) is 30.7. The zero-order valence-corrected chi connectivity index (χ0v) is 22.2. The highest BCUT2D eigenvalue weighted by Gasteiger charge is 2.72. The topological polar surface area (TPSA) is 97.0 Å². The van der Waals surface area contributed by atoms with E-state index in [4.69, 9.17) is 21.1 Å². The second-order valence-corrected chi connectivity index (χ2v) is 11.3. The quantitative estimate of drug-likeness (QED) is 0.375. The van der Waals surface area contributed by atoms with Crippen molar-refractivity contribution in [2.24, 2.45) is 11.8 Å². The summed E-state index contributed by atoms with van der Waals surface area (Å²) in [5.41, 5.74) is -0.603. The minimum atomic E-state index is -1.16. The Morgan fingerprint density at radius 2 is 2.00 bits per heavy atom. The molecule has 0 unspecified atom stereocenters.